The van der Waals surface area contributed by atoms with Crippen molar-refractivity contribution in [3.05, 3.63) is 54.9 Å². The van der Waals surface area contributed by atoms with E-state index < -0.39 is 6.10 Å². The predicted molar refractivity (Wildman–Crippen MR) is 72.2 cm³/mol. The lowest BCUT2D eigenvalue weighted by atomic mass is 10.1. The topological polar surface area (TPSA) is 20.2 Å². The Morgan fingerprint density at radius 2 is 2.12 bits per heavy atom. The first-order valence-corrected chi connectivity index (χ1v) is 6.86. The van der Waals surface area contributed by atoms with Crippen LogP contribution < -0.4 is 0 Å². The van der Waals surface area contributed by atoms with Gasteiger partial charge in [-0.15, -0.1) is 11.3 Å². The Kier molecular flexibility index (Phi) is 3.88. The van der Waals surface area contributed by atoms with Crippen LogP contribution in [-0.4, -0.2) is 5.11 Å². The molecule has 2 aromatic rings. The van der Waals surface area contributed by atoms with Gasteiger partial charge in [-0.25, -0.2) is 4.39 Å². The first kappa shape index (κ1) is 13.0. The van der Waals surface area contributed by atoms with Crippen LogP contribution >= 0.6 is 38.9 Å². The Hall–Kier alpha value is -0.420. The molecule has 0 radical (unpaired) electrons. The third kappa shape index (κ3) is 2.71. The zero-order chi connectivity index (χ0) is 12.6. The van der Waals surface area contributed by atoms with Crippen LogP contribution in [0.2, 0.25) is 4.34 Å². The largest absolute Gasteiger partial charge is 0.383 e. The number of halogens is 3. The number of aryl methyl sites for hydroxylation is 1. The minimum atomic E-state index is -0.865. The molecule has 1 atom stereocenters. The summed E-state index contributed by atoms with van der Waals surface area (Å²) >= 11 is 10.6. The van der Waals surface area contributed by atoms with Gasteiger partial charge in [-0.3, -0.25) is 0 Å². The molecule has 90 valence electrons. The van der Waals surface area contributed by atoms with Gasteiger partial charge in [0.1, 0.15) is 11.9 Å². The first-order chi connectivity index (χ1) is 7.99. The summed E-state index contributed by atoms with van der Waals surface area (Å²) in [6, 6.07) is 6.05. The summed E-state index contributed by atoms with van der Waals surface area (Å²) < 4.78 is 14.5. The summed E-state index contributed by atoms with van der Waals surface area (Å²) in [5, 5.41) is 10.2. The van der Waals surface area contributed by atoms with Crippen LogP contribution in [0.4, 0.5) is 4.39 Å². The van der Waals surface area contributed by atoms with E-state index in [0.29, 0.717) is 19.2 Å². The monoisotopic (exact) mass is 334 g/mol. The maximum Gasteiger partial charge on any atom is 0.123 e. The smallest absolute Gasteiger partial charge is 0.123 e. The Balaban J connectivity index is 2.42. The number of aliphatic hydroxyl groups excluding tert-OH is 1. The second-order valence-electron chi connectivity index (χ2n) is 3.67. The van der Waals surface area contributed by atoms with E-state index in [1.807, 2.05) is 13.0 Å². The molecule has 0 amide bonds. The first-order valence-electron chi connectivity index (χ1n) is 4.88. The fraction of sp³-hybridized carbons (Fsp3) is 0.167. The molecule has 0 aliphatic rings. The fourth-order valence-electron chi connectivity index (χ4n) is 1.50. The van der Waals surface area contributed by atoms with Crippen LogP contribution in [0.3, 0.4) is 0 Å². The Morgan fingerprint density at radius 3 is 2.71 bits per heavy atom. The molecule has 1 heterocycles. The van der Waals surface area contributed by atoms with Gasteiger partial charge in [0, 0.05) is 14.9 Å². The lowest BCUT2D eigenvalue weighted by Crippen LogP contribution is -1.99. The molecular weight excluding hydrogens is 327 g/mol. The Morgan fingerprint density at radius 1 is 1.41 bits per heavy atom. The van der Waals surface area contributed by atoms with Crippen molar-refractivity contribution < 1.29 is 9.50 Å². The molecule has 5 heteroatoms. The SMILES string of the molecule is Cc1cc(C(O)c2cc(F)ccc2Br)sc1Cl. The van der Waals surface area contributed by atoms with Crippen LogP contribution in [0, 0.1) is 12.7 Å². The Labute approximate surface area is 116 Å². The minimum Gasteiger partial charge on any atom is -0.383 e. The summed E-state index contributed by atoms with van der Waals surface area (Å²) in [6.07, 6.45) is -0.865. The number of aliphatic hydroxyl groups is 1. The zero-order valence-electron chi connectivity index (χ0n) is 8.88. The van der Waals surface area contributed by atoms with E-state index in [0.717, 1.165) is 5.56 Å². The van der Waals surface area contributed by atoms with Crippen molar-refractivity contribution in [2.75, 3.05) is 0 Å². The van der Waals surface area contributed by atoms with Gasteiger partial charge >= 0.3 is 0 Å². The van der Waals surface area contributed by atoms with Gasteiger partial charge < -0.3 is 5.11 Å². The lowest BCUT2D eigenvalue weighted by molar-refractivity contribution is 0.223. The summed E-state index contributed by atoms with van der Waals surface area (Å²) in [5.74, 6) is -0.373. The Bertz CT molecular complexity index is 536. The molecule has 1 nitrogen and oxygen atoms in total. The number of rotatable bonds is 2. The van der Waals surface area contributed by atoms with E-state index in [1.54, 1.807) is 6.07 Å². The summed E-state index contributed by atoms with van der Waals surface area (Å²) in [5.41, 5.74) is 1.42. The fourth-order valence-corrected chi connectivity index (χ4v) is 3.18. The van der Waals surface area contributed by atoms with E-state index in [2.05, 4.69) is 15.9 Å². The molecule has 0 saturated heterocycles. The zero-order valence-corrected chi connectivity index (χ0v) is 12.0. The molecule has 0 bridgehead atoms. The third-order valence-corrected chi connectivity index (χ3v) is 4.73. The van der Waals surface area contributed by atoms with Crippen molar-refractivity contribution in [3.8, 4) is 0 Å². The number of hydrogen-bond acceptors (Lipinski definition) is 2. The van der Waals surface area contributed by atoms with Gasteiger partial charge in [0.2, 0.25) is 0 Å². The van der Waals surface area contributed by atoms with Gasteiger partial charge in [-0.2, -0.15) is 0 Å². The van der Waals surface area contributed by atoms with Crippen molar-refractivity contribution in [1.29, 1.82) is 0 Å². The van der Waals surface area contributed by atoms with Crippen LogP contribution in [0.15, 0.2) is 28.7 Å². The van der Waals surface area contributed by atoms with Crippen molar-refractivity contribution >= 4 is 38.9 Å². The van der Waals surface area contributed by atoms with Crippen LogP contribution in [-0.2, 0) is 0 Å². The molecule has 0 saturated carbocycles. The molecule has 0 fully saturated rings. The molecule has 0 spiro atoms. The van der Waals surface area contributed by atoms with E-state index in [4.69, 9.17) is 11.6 Å². The molecule has 0 aliphatic heterocycles. The highest BCUT2D eigenvalue weighted by atomic mass is 79.9. The van der Waals surface area contributed by atoms with Gasteiger partial charge in [-0.05, 0) is 36.8 Å². The van der Waals surface area contributed by atoms with Crippen LogP contribution in [0.5, 0.6) is 0 Å². The van der Waals surface area contributed by atoms with E-state index in [1.165, 1.54) is 23.5 Å². The molecule has 1 N–H and O–H groups in total. The van der Waals surface area contributed by atoms with Crippen molar-refractivity contribution in [3.63, 3.8) is 0 Å². The number of hydrogen-bond donors (Lipinski definition) is 1. The van der Waals surface area contributed by atoms with Gasteiger partial charge in [0.05, 0.1) is 4.34 Å². The molecule has 0 aliphatic carbocycles. The lowest BCUT2D eigenvalue weighted by Gasteiger charge is -2.11. The maximum atomic E-state index is 13.2. The molecule has 2 rings (SSSR count). The highest BCUT2D eigenvalue weighted by Gasteiger charge is 2.17. The van der Waals surface area contributed by atoms with E-state index >= 15 is 0 Å². The van der Waals surface area contributed by atoms with Gasteiger partial charge in [0.15, 0.2) is 0 Å². The third-order valence-electron chi connectivity index (χ3n) is 2.40. The van der Waals surface area contributed by atoms with Gasteiger partial charge in [-0.1, -0.05) is 27.5 Å². The summed E-state index contributed by atoms with van der Waals surface area (Å²) in [7, 11) is 0. The molecule has 17 heavy (non-hydrogen) atoms. The van der Waals surface area contributed by atoms with Crippen molar-refractivity contribution in [1.82, 2.24) is 0 Å². The molecule has 1 unspecified atom stereocenters. The number of thiophene rings is 1. The van der Waals surface area contributed by atoms with Crippen LogP contribution in [0.1, 0.15) is 22.1 Å². The van der Waals surface area contributed by atoms with E-state index in [-0.39, 0.29) is 5.82 Å². The number of benzene rings is 1. The average molecular weight is 336 g/mol. The highest BCUT2D eigenvalue weighted by Crippen LogP contribution is 2.36. The van der Waals surface area contributed by atoms with Crippen molar-refractivity contribution in [2.45, 2.75) is 13.0 Å². The minimum absolute atomic E-state index is 0.373. The standard InChI is InChI=1S/C12H9BrClFOS/c1-6-4-10(17-12(6)14)11(16)8-5-7(15)2-3-9(8)13/h2-5,11,16H,1H3. The molecular formula is C12H9BrClFOS. The molecule has 1 aromatic heterocycles. The second-order valence-corrected chi connectivity index (χ2v) is 6.21. The average Bonchev–Trinajstić information content (AvgIpc) is 2.62. The summed E-state index contributed by atoms with van der Waals surface area (Å²) in [6.45, 7) is 1.87. The molecule has 1 aromatic carbocycles. The highest BCUT2D eigenvalue weighted by molar-refractivity contribution is 9.10. The van der Waals surface area contributed by atoms with Crippen molar-refractivity contribution in [2.24, 2.45) is 0 Å². The second kappa shape index (κ2) is 5.06. The normalized spacial score (nSPS) is 12.8. The van der Waals surface area contributed by atoms with E-state index in [9.17, 15) is 9.50 Å². The quantitative estimate of drug-likeness (QED) is 0.844. The summed E-state index contributed by atoms with van der Waals surface area (Å²) in [4.78, 5) is 0.707. The predicted octanol–water partition coefficient (Wildman–Crippen LogP) is 4.69. The van der Waals surface area contributed by atoms with Crippen LogP contribution in [0.25, 0.3) is 0 Å². The van der Waals surface area contributed by atoms with Gasteiger partial charge in [0.25, 0.3) is 0 Å². The maximum absolute atomic E-state index is 13.2.